The van der Waals surface area contributed by atoms with Crippen LogP contribution in [0.2, 0.25) is 0 Å². The molecule has 1 amide bonds. The molecule has 24 heavy (non-hydrogen) atoms. The van der Waals surface area contributed by atoms with E-state index in [1.165, 1.54) is 5.56 Å². The zero-order valence-electron chi connectivity index (χ0n) is 14.7. The lowest BCUT2D eigenvalue weighted by molar-refractivity contribution is 0.0139. The van der Waals surface area contributed by atoms with Crippen molar-refractivity contribution in [1.82, 2.24) is 9.80 Å². The Bertz CT molecular complexity index is 589. The summed E-state index contributed by atoms with van der Waals surface area (Å²) in [5, 5.41) is 0. The fraction of sp³-hybridized carbons (Fsp3) is 0.611. The number of fused-ring (bicyclic) bond motifs is 1. The van der Waals surface area contributed by atoms with Gasteiger partial charge in [0.1, 0.15) is 18.8 Å². The summed E-state index contributed by atoms with van der Waals surface area (Å²) in [5.41, 5.74) is 0.754. The number of nitrogens with zero attached hydrogens (tertiary/aromatic N) is 2. The van der Waals surface area contributed by atoms with Crippen LogP contribution in [0.3, 0.4) is 0 Å². The van der Waals surface area contributed by atoms with Crippen LogP contribution in [0.1, 0.15) is 26.3 Å². The minimum Gasteiger partial charge on any atom is -0.486 e. The van der Waals surface area contributed by atoms with Gasteiger partial charge >= 0.3 is 6.09 Å². The van der Waals surface area contributed by atoms with Gasteiger partial charge in [0.2, 0.25) is 0 Å². The van der Waals surface area contributed by atoms with Crippen LogP contribution in [-0.2, 0) is 11.3 Å². The molecule has 0 unspecified atom stereocenters. The van der Waals surface area contributed by atoms with Crippen LogP contribution < -0.4 is 9.47 Å². The molecule has 6 nitrogen and oxygen atoms in total. The molecule has 132 valence electrons. The van der Waals surface area contributed by atoms with E-state index in [2.05, 4.69) is 17.0 Å². The number of hydrogen-bond acceptors (Lipinski definition) is 5. The molecule has 1 aromatic carbocycles. The number of carbonyl (C=O) groups is 1. The van der Waals surface area contributed by atoms with Gasteiger partial charge in [0, 0.05) is 32.7 Å². The van der Waals surface area contributed by atoms with Gasteiger partial charge in [0.15, 0.2) is 11.5 Å². The van der Waals surface area contributed by atoms with Crippen molar-refractivity contribution in [3.05, 3.63) is 23.8 Å². The van der Waals surface area contributed by atoms with Gasteiger partial charge in [-0.3, -0.25) is 4.90 Å². The molecule has 1 saturated heterocycles. The maximum absolute atomic E-state index is 12.1. The van der Waals surface area contributed by atoms with Crippen LogP contribution in [0.5, 0.6) is 11.5 Å². The van der Waals surface area contributed by atoms with E-state index in [9.17, 15) is 4.79 Å². The fourth-order valence-corrected chi connectivity index (χ4v) is 2.86. The predicted octanol–water partition coefficient (Wildman–Crippen LogP) is 2.51. The van der Waals surface area contributed by atoms with Crippen LogP contribution in [-0.4, -0.2) is 60.9 Å². The number of hydrogen-bond donors (Lipinski definition) is 0. The minimum atomic E-state index is -0.445. The first kappa shape index (κ1) is 16.9. The number of carbonyl (C=O) groups excluding carboxylic acids is 1. The Balaban J connectivity index is 1.51. The molecule has 1 fully saturated rings. The first-order chi connectivity index (χ1) is 11.4. The third kappa shape index (κ3) is 4.32. The number of rotatable bonds is 2. The van der Waals surface area contributed by atoms with E-state index >= 15 is 0 Å². The average molecular weight is 334 g/mol. The number of piperazine rings is 1. The van der Waals surface area contributed by atoms with Crippen molar-refractivity contribution in [2.75, 3.05) is 39.4 Å². The van der Waals surface area contributed by atoms with E-state index in [-0.39, 0.29) is 6.09 Å². The second kappa shape index (κ2) is 6.89. The van der Waals surface area contributed by atoms with E-state index in [1.807, 2.05) is 26.8 Å². The summed E-state index contributed by atoms with van der Waals surface area (Å²) >= 11 is 0. The largest absolute Gasteiger partial charge is 0.486 e. The Kier molecular flexibility index (Phi) is 4.85. The van der Waals surface area contributed by atoms with E-state index in [0.29, 0.717) is 26.3 Å². The smallest absolute Gasteiger partial charge is 0.410 e. The molecule has 0 radical (unpaired) electrons. The molecule has 2 aliphatic rings. The first-order valence-corrected chi connectivity index (χ1v) is 8.49. The first-order valence-electron chi connectivity index (χ1n) is 8.49. The highest BCUT2D eigenvalue weighted by Gasteiger charge is 2.26. The monoisotopic (exact) mass is 334 g/mol. The van der Waals surface area contributed by atoms with Gasteiger partial charge < -0.3 is 19.1 Å². The third-order valence-electron chi connectivity index (χ3n) is 4.04. The lowest BCUT2D eigenvalue weighted by atomic mass is 10.1. The van der Waals surface area contributed by atoms with Gasteiger partial charge in [-0.05, 0) is 38.5 Å². The predicted molar refractivity (Wildman–Crippen MR) is 90.5 cm³/mol. The summed E-state index contributed by atoms with van der Waals surface area (Å²) in [4.78, 5) is 16.2. The summed E-state index contributed by atoms with van der Waals surface area (Å²) in [7, 11) is 0. The van der Waals surface area contributed by atoms with Gasteiger partial charge in [-0.2, -0.15) is 0 Å². The van der Waals surface area contributed by atoms with Crippen LogP contribution in [0.4, 0.5) is 4.79 Å². The zero-order chi connectivity index (χ0) is 17.2. The standard InChI is InChI=1S/C18H26N2O4/c1-18(2,3)24-17(21)20-8-6-19(7-9-20)13-14-4-5-15-16(12-14)23-11-10-22-15/h4-5,12H,6-11,13H2,1-3H3. The van der Waals surface area contributed by atoms with E-state index in [0.717, 1.165) is 31.1 Å². The number of ether oxygens (including phenoxy) is 3. The zero-order valence-corrected chi connectivity index (χ0v) is 14.7. The van der Waals surface area contributed by atoms with Crippen molar-refractivity contribution in [3.63, 3.8) is 0 Å². The number of benzene rings is 1. The molecule has 0 bridgehead atoms. The second-order valence-electron chi connectivity index (χ2n) is 7.22. The van der Waals surface area contributed by atoms with Crippen LogP contribution in [0.15, 0.2) is 18.2 Å². The van der Waals surface area contributed by atoms with E-state index < -0.39 is 5.60 Å². The summed E-state index contributed by atoms with van der Waals surface area (Å²) in [6.07, 6.45) is -0.221. The molecule has 2 heterocycles. The van der Waals surface area contributed by atoms with Crippen molar-refractivity contribution < 1.29 is 19.0 Å². The highest BCUT2D eigenvalue weighted by Crippen LogP contribution is 2.31. The van der Waals surface area contributed by atoms with Crippen molar-refractivity contribution in [3.8, 4) is 11.5 Å². The second-order valence-corrected chi connectivity index (χ2v) is 7.22. The van der Waals surface area contributed by atoms with Gasteiger partial charge in [-0.15, -0.1) is 0 Å². The molecule has 0 saturated carbocycles. The average Bonchev–Trinajstić information content (AvgIpc) is 2.54. The highest BCUT2D eigenvalue weighted by molar-refractivity contribution is 5.68. The molecule has 0 N–H and O–H groups in total. The minimum absolute atomic E-state index is 0.221. The lowest BCUT2D eigenvalue weighted by Crippen LogP contribution is -2.49. The SMILES string of the molecule is CC(C)(C)OC(=O)N1CCN(Cc2ccc3c(c2)OCCO3)CC1. The van der Waals surface area contributed by atoms with Crippen molar-refractivity contribution >= 4 is 6.09 Å². The molecular formula is C18H26N2O4. The van der Waals surface area contributed by atoms with Crippen molar-refractivity contribution in [1.29, 1.82) is 0 Å². The van der Waals surface area contributed by atoms with Gasteiger partial charge in [-0.25, -0.2) is 4.79 Å². The van der Waals surface area contributed by atoms with E-state index in [4.69, 9.17) is 14.2 Å². The summed E-state index contributed by atoms with van der Waals surface area (Å²) in [5.74, 6) is 1.64. The summed E-state index contributed by atoms with van der Waals surface area (Å²) < 4.78 is 16.6. The third-order valence-corrected chi connectivity index (χ3v) is 4.04. The molecule has 0 aromatic heterocycles. The van der Waals surface area contributed by atoms with E-state index in [1.54, 1.807) is 4.90 Å². The lowest BCUT2D eigenvalue weighted by Gasteiger charge is -2.35. The van der Waals surface area contributed by atoms with Crippen LogP contribution in [0, 0.1) is 0 Å². The van der Waals surface area contributed by atoms with Crippen LogP contribution >= 0.6 is 0 Å². The number of amides is 1. The Morgan fingerprint density at radius 2 is 1.75 bits per heavy atom. The molecule has 0 atom stereocenters. The molecule has 1 aromatic rings. The normalized spacial score (nSPS) is 18.4. The molecular weight excluding hydrogens is 308 g/mol. The quantitative estimate of drug-likeness (QED) is 0.832. The maximum atomic E-state index is 12.1. The molecule has 6 heteroatoms. The highest BCUT2D eigenvalue weighted by atomic mass is 16.6. The Morgan fingerprint density at radius 1 is 1.08 bits per heavy atom. The maximum Gasteiger partial charge on any atom is 0.410 e. The van der Waals surface area contributed by atoms with Crippen molar-refractivity contribution in [2.45, 2.75) is 32.9 Å². The molecule has 0 spiro atoms. The summed E-state index contributed by atoms with van der Waals surface area (Å²) in [6, 6.07) is 6.10. The fourth-order valence-electron chi connectivity index (χ4n) is 2.86. The Labute approximate surface area is 143 Å². The van der Waals surface area contributed by atoms with Gasteiger partial charge in [-0.1, -0.05) is 6.07 Å². The Hall–Kier alpha value is -1.95. The Morgan fingerprint density at radius 3 is 2.42 bits per heavy atom. The molecule has 3 rings (SSSR count). The van der Waals surface area contributed by atoms with Gasteiger partial charge in [0.05, 0.1) is 0 Å². The topological polar surface area (TPSA) is 51.2 Å². The summed E-state index contributed by atoms with van der Waals surface area (Å²) in [6.45, 7) is 10.8. The van der Waals surface area contributed by atoms with Crippen LogP contribution in [0.25, 0.3) is 0 Å². The van der Waals surface area contributed by atoms with Gasteiger partial charge in [0.25, 0.3) is 0 Å². The molecule has 2 aliphatic heterocycles. The molecule has 0 aliphatic carbocycles. The van der Waals surface area contributed by atoms with Crippen molar-refractivity contribution in [2.24, 2.45) is 0 Å².